The standard InChI is InChI=1S/C8H7O2/c1-2-4-8-7(3-1)9-5-6-10-8/h1-3,5-8H. The van der Waals surface area contributed by atoms with Crippen LogP contribution in [0.4, 0.5) is 0 Å². The van der Waals surface area contributed by atoms with Crippen LogP contribution in [0.2, 0.25) is 0 Å². The molecule has 0 aromatic heterocycles. The summed E-state index contributed by atoms with van der Waals surface area (Å²) in [6.07, 6.45) is 11.8. The average molecular weight is 135 g/mol. The molecule has 0 spiro atoms. The van der Waals surface area contributed by atoms with Gasteiger partial charge in [-0.3, -0.25) is 0 Å². The molecule has 2 rings (SSSR count). The lowest BCUT2D eigenvalue weighted by atomic mass is 10.1. The Kier molecular flexibility index (Phi) is 1.24. The molecular weight excluding hydrogens is 128 g/mol. The van der Waals surface area contributed by atoms with E-state index in [4.69, 9.17) is 9.47 Å². The quantitative estimate of drug-likeness (QED) is 0.496. The van der Waals surface area contributed by atoms with E-state index >= 15 is 0 Å². The third-order valence-corrected chi connectivity index (χ3v) is 1.47. The predicted molar refractivity (Wildman–Crippen MR) is 35.8 cm³/mol. The summed E-state index contributed by atoms with van der Waals surface area (Å²) in [6.45, 7) is 0. The third kappa shape index (κ3) is 0.817. The van der Waals surface area contributed by atoms with Gasteiger partial charge in [-0.05, 0) is 6.08 Å². The van der Waals surface area contributed by atoms with Crippen molar-refractivity contribution in [1.29, 1.82) is 0 Å². The van der Waals surface area contributed by atoms with Crippen molar-refractivity contribution in [2.24, 2.45) is 0 Å². The fraction of sp³-hybridized carbons (Fsp3) is 0.250. The van der Waals surface area contributed by atoms with Gasteiger partial charge in [-0.2, -0.15) is 0 Å². The van der Waals surface area contributed by atoms with Crippen molar-refractivity contribution in [2.75, 3.05) is 0 Å². The highest BCUT2D eigenvalue weighted by molar-refractivity contribution is 5.14. The van der Waals surface area contributed by atoms with Crippen LogP contribution in [0.5, 0.6) is 0 Å². The zero-order valence-electron chi connectivity index (χ0n) is 5.36. The zero-order valence-corrected chi connectivity index (χ0v) is 5.36. The molecule has 2 aliphatic rings. The minimum absolute atomic E-state index is 0.0231. The molecule has 2 unspecified atom stereocenters. The maximum atomic E-state index is 5.21. The van der Waals surface area contributed by atoms with E-state index in [1.54, 1.807) is 12.5 Å². The molecule has 0 aromatic rings. The van der Waals surface area contributed by atoms with Gasteiger partial charge in [0.15, 0.2) is 12.2 Å². The van der Waals surface area contributed by atoms with Crippen LogP contribution in [-0.2, 0) is 9.47 Å². The van der Waals surface area contributed by atoms with Gasteiger partial charge in [0.05, 0.1) is 0 Å². The Bertz CT molecular complexity index is 181. The van der Waals surface area contributed by atoms with Gasteiger partial charge in [0.25, 0.3) is 0 Å². The fourth-order valence-corrected chi connectivity index (χ4v) is 0.984. The Hall–Kier alpha value is -1.18. The summed E-state index contributed by atoms with van der Waals surface area (Å²) >= 11 is 0. The first-order chi connectivity index (χ1) is 4.97. The summed E-state index contributed by atoms with van der Waals surface area (Å²) in [5.74, 6) is 0. The van der Waals surface area contributed by atoms with Gasteiger partial charge in [0.2, 0.25) is 0 Å². The first kappa shape index (κ1) is 5.59. The van der Waals surface area contributed by atoms with Crippen LogP contribution in [0.25, 0.3) is 0 Å². The van der Waals surface area contributed by atoms with Crippen LogP contribution in [0.15, 0.2) is 30.8 Å². The Labute approximate surface area is 59.4 Å². The van der Waals surface area contributed by atoms with Crippen LogP contribution in [0, 0.1) is 6.08 Å². The second-order valence-corrected chi connectivity index (χ2v) is 2.15. The zero-order chi connectivity index (χ0) is 6.81. The molecule has 1 aliphatic carbocycles. The predicted octanol–water partition coefficient (Wildman–Crippen LogP) is 1.17. The molecule has 1 heterocycles. The highest BCUT2D eigenvalue weighted by Gasteiger charge is 2.22. The highest BCUT2D eigenvalue weighted by atomic mass is 16.6. The number of allylic oxidation sites excluding steroid dienone is 2. The smallest absolute Gasteiger partial charge is 0.164 e. The lowest BCUT2D eigenvalue weighted by Crippen LogP contribution is -2.29. The average Bonchev–Trinajstić information content (AvgIpc) is 2.05. The van der Waals surface area contributed by atoms with Gasteiger partial charge in [0, 0.05) is 6.08 Å². The van der Waals surface area contributed by atoms with E-state index in [1.165, 1.54) is 0 Å². The van der Waals surface area contributed by atoms with Crippen molar-refractivity contribution in [1.82, 2.24) is 0 Å². The van der Waals surface area contributed by atoms with Crippen molar-refractivity contribution in [2.45, 2.75) is 12.2 Å². The van der Waals surface area contributed by atoms with Gasteiger partial charge in [-0.25, -0.2) is 0 Å². The molecule has 0 bridgehead atoms. The van der Waals surface area contributed by atoms with Gasteiger partial charge in [-0.15, -0.1) is 0 Å². The SMILES string of the molecule is [C]1=CC=CC2OC=COC12. The molecule has 1 aliphatic heterocycles. The second-order valence-electron chi connectivity index (χ2n) is 2.15. The first-order valence-electron chi connectivity index (χ1n) is 3.19. The second kappa shape index (κ2) is 2.21. The van der Waals surface area contributed by atoms with E-state index in [2.05, 4.69) is 6.08 Å². The molecule has 1 radical (unpaired) electrons. The van der Waals surface area contributed by atoms with Crippen molar-refractivity contribution < 1.29 is 9.47 Å². The van der Waals surface area contributed by atoms with E-state index in [9.17, 15) is 0 Å². The summed E-state index contributed by atoms with van der Waals surface area (Å²) < 4.78 is 10.4. The number of rotatable bonds is 0. The Morgan fingerprint density at radius 2 is 2.10 bits per heavy atom. The normalized spacial score (nSPS) is 34.4. The van der Waals surface area contributed by atoms with Crippen LogP contribution < -0.4 is 0 Å². The summed E-state index contributed by atoms with van der Waals surface area (Å²) in [5, 5.41) is 0. The van der Waals surface area contributed by atoms with Gasteiger partial charge >= 0.3 is 0 Å². The molecule has 10 heavy (non-hydrogen) atoms. The lowest BCUT2D eigenvalue weighted by Gasteiger charge is -2.25. The van der Waals surface area contributed by atoms with Crippen LogP contribution in [0.1, 0.15) is 0 Å². The summed E-state index contributed by atoms with van der Waals surface area (Å²) in [7, 11) is 0. The van der Waals surface area contributed by atoms with E-state index < -0.39 is 0 Å². The molecule has 0 saturated carbocycles. The molecule has 0 saturated heterocycles. The monoisotopic (exact) mass is 135 g/mol. The molecule has 2 heteroatoms. The van der Waals surface area contributed by atoms with Crippen molar-refractivity contribution in [3.8, 4) is 0 Å². The first-order valence-corrected chi connectivity index (χ1v) is 3.19. The maximum Gasteiger partial charge on any atom is 0.164 e. The maximum absolute atomic E-state index is 5.21. The Morgan fingerprint density at radius 3 is 3.00 bits per heavy atom. The minimum atomic E-state index is -0.0463. The largest absolute Gasteiger partial charge is 0.486 e. The fourth-order valence-electron chi connectivity index (χ4n) is 0.984. The molecule has 51 valence electrons. The number of hydrogen-bond acceptors (Lipinski definition) is 2. The van der Waals surface area contributed by atoms with E-state index in [1.807, 2.05) is 18.2 Å². The molecule has 2 atom stereocenters. The molecule has 0 amide bonds. The minimum Gasteiger partial charge on any atom is -0.486 e. The molecule has 0 fully saturated rings. The van der Waals surface area contributed by atoms with Crippen LogP contribution in [-0.4, -0.2) is 12.2 Å². The number of hydrogen-bond donors (Lipinski definition) is 0. The van der Waals surface area contributed by atoms with Crippen molar-refractivity contribution in [3.63, 3.8) is 0 Å². The molecular formula is C8H7O2. The van der Waals surface area contributed by atoms with E-state index in [-0.39, 0.29) is 12.2 Å². The lowest BCUT2D eigenvalue weighted by molar-refractivity contribution is 0.0141. The van der Waals surface area contributed by atoms with E-state index in [0.29, 0.717) is 0 Å². The van der Waals surface area contributed by atoms with Crippen molar-refractivity contribution >= 4 is 0 Å². The summed E-state index contributed by atoms with van der Waals surface area (Å²) in [5.41, 5.74) is 0. The molecule has 0 aromatic carbocycles. The van der Waals surface area contributed by atoms with Crippen LogP contribution >= 0.6 is 0 Å². The number of ether oxygens (including phenoxy) is 2. The highest BCUT2D eigenvalue weighted by Crippen LogP contribution is 2.15. The third-order valence-electron chi connectivity index (χ3n) is 1.47. The van der Waals surface area contributed by atoms with E-state index in [0.717, 1.165) is 0 Å². The Morgan fingerprint density at radius 1 is 1.20 bits per heavy atom. The Balaban J connectivity index is 2.19. The van der Waals surface area contributed by atoms with Gasteiger partial charge < -0.3 is 9.47 Å². The molecule has 2 nitrogen and oxygen atoms in total. The number of fused-ring (bicyclic) bond motifs is 1. The summed E-state index contributed by atoms with van der Waals surface area (Å²) in [6, 6.07) is 0. The van der Waals surface area contributed by atoms with Gasteiger partial charge in [0.1, 0.15) is 12.5 Å². The summed E-state index contributed by atoms with van der Waals surface area (Å²) in [4.78, 5) is 0. The topological polar surface area (TPSA) is 18.5 Å². The van der Waals surface area contributed by atoms with Gasteiger partial charge in [-0.1, -0.05) is 12.2 Å². The molecule has 0 N–H and O–H groups in total. The van der Waals surface area contributed by atoms with Crippen LogP contribution in [0.3, 0.4) is 0 Å². The van der Waals surface area contributed by atoms with Crippen molar-refractivity contribution in [3.05, 3.63) is 36.8 Å².